The quantitative estimate of drug-likeness (QED) is 0.623. The molecule has 0 spiro atoms. The summed E-state index contributed by atoms with van der Waals surface area (Å²) in [7, 11) is 1.35. The van der Waals surface area contributed by atoms with Crippen molar-refractivity contribution in [3.05, 3.63) is 29.8 Å². The van der Waals surface area contributed by atoms with Crippen LogP contribution in [0.25, 0.3) is 0 Å². The Morgan fingerprint density at radius 2 is 2.27 bits per heavy atom. The highest BCUT2D eigenvalue weighted by molar-refractivity contribution is 9.10. The lowest BCUT2D eigenvalue weighted by Gasteiger charge is -2.10. The number of carbonyl (C=O) groups is 1. The molecule has 0 fully saturated rings. The summed E-state index contributed by atoms with van der Waals surface area (Å²) in [4.78, 5) is 10.6. The van der Waals surface area contributed by atoms with Gasteiger partial charge in [-0.1, -0.05) is 28.1 Å². The Morgan fingerprint density at radius 1 is 1.53 bits per heavy atom. The first-order valence-corrected chi connectivity index (χ1v) is 5.46. The lowest BCUT2D eigenvalue weighted by atomic mass is 10.2. The van der Waals surface area contributed by atoms with E-state index < -0.39 is 4.83 Å². The molecule has 0 aromatic heterocycles. The molecule has 15 heavy (non-hydrogen) atoms. The van der Waals surface area contributed by atoms with E-state index >= 15 is 0 Å². The number of hydrogen-bond donors (Lipinski definition) is 0. The summed E-state index contributed by atoms with van der Waals surface area (Å²) < 4.78 is 9.98. The van der Waals surface area contributed by atoms with Crippen LogP contribution in [0.5, 0.6) is 5.75 Å². The number of aryl methyl sites for hydroxylation is 1. The van der Waals surface area contributed by atoms with E-state index in [-0.39, 0.29) is 12.6 Å². The first-order valence-electron chi connectivity index (χ1n) is 4.55. The summed E-state index contributed by atoms with van der Waals surface area (Å²) in [6.45, 7) is 2.24. The van der Waals surface area contributed by atoms with Crippen LogP contribution in [0.1, 0.15) is 5.56 Å². The van der Waals surface area contributed by atoms with E-state index in [1.807, 2.05) is 31.2 Å². The molecule has 82 valence electrons. The second-order valence-corrected chi connectivity index (χ2v) is 4.22. The van der Waals surface area contributed by atoms with E-state index in [4.69, 9.17) is 4.74 Å². The van der Waals surface area contributed by atoms with Gasteiger partial charge < -0.3 is 9.47 Å². The van der Waals surface area contributed by atoms with Gasteiger partial charge in [0.25, 0.3) is 0 Å². The molecule has 0 saturated carbocycles. The molecule has 0 radical (unpaired) electrons. The number of rotatable bonds is 4. The van der Waals surface area contributed by atoms with Crippen LogP contribution < -0.4 is 4.74 Å². The summed E-state index contributed by atoms with van der Waals surface area (Å²) in [6, 6.07) is 7.66. The van der Waals surface area contributed by atoms with Gasteiger partial charge in [-0.15, -0.1) is 0 Å². The fraction of sp³-hybridized carbons (Fsp3) is 0.364. The average molecular weight is 273 g/mol. The summed E-state index contributed by atoms with van der Waals surface area (Å²) in [5.74, 6) is 0.422. The van der Waals surface area contributed by atoms with Gasteiger partial charge in [-0.05, 0) is 24.6 Å². The topological polar surface area (TPSA) is 35.5 Å². The van der Waals surface area contributed by atoms with Gasteiger partial charge in [0.1, 0.15) is 17.2 Å². The Labute approximate surface area is 97.5 Å². The molecule has 0 bridgehead atoms. The fourth-order valence-corrected chi connectivity index (χ4v) is 1.39. The standard InChI is InChI=1S/C11H13BrO3/c1-8-4-3-5-9(6-8)15-7-10(12)11(13)14-2/h3-6,10H,7H2,1-2H3. The predicted octanol–water partition coefficient (Wildman–Crippen LogP) is 2.31. The predicted molar refractivity (Wildman–Crippen MR) is 61.4 cm³/mol. The number of methoxy groups -OCH3 is 1. The van der Waals surface area contributed by atoms with E-state index in [1.165, 1.54) is 7.11 Å². The molecule has 3 nitrogen and oxygen atoms in total. The highest BCUT2D eigenvalue weighted by Crippen LogP contribution is 2.14. The third kappa shape index (κ3) is 3.91. The molecule has 1 aromatic rings. The van der Waals surface area contributed by atoms with Crippen molar-refractivity contribution in [2.45, 2.75) is 11.8 Å². The Morgan fingerprint density at radius 3 is 2.87 bits per heavy atom. The molecule has 0 N–H and O–H groups in total. The molecule has 0 aliphatic carbocycles. The van der Waals surface area contributed by atoms with Crippen LogP contribution in [0.4, 0.5) is 0 Å². The normalized spacial score (nSPS) is 11.9. The van der Waals surface area contributed by atoms with Crippen molar-refractivity contribution in [3.8, 4) is 5.75 Å². The van der Waals surface area contributed by atoms with E-state index in [1.54, 1.807) is 0 Å². The number of carbonyl (C=O) groups excluding carboxylic acids is 1. The Hall–Kier alpha value is -1.03. The largest absolute Gasteiger partial charge is 0.492 e. The molecular formula is C11H13BrO3. The van der Waals surface area contributed by atoms with Crippen LogP contribution in [-0.4, -0.2) is 24.5 Å². The van der Waals surface area contributed by atoms with Crippen LogP contribution in [-0.2, 0) is 9.53 Å². The highest BCUT2D eigenvalue weighted by atomic mass is 79.9. The summed E-state index contributed by atoms with van der Waals surface area (Å²) >= 11 is 3.18. The van der Waals surface area contributed by atoms with Crippen LogP contribution in [0.3, 0.4) is 0 Å². The van der Waals surface area contributed by atoms with Gasteiger partial charge in [0.15, 0.2) is 0 Å². The Bertz CT molecular complexity index is 338. The number of benzene rings is 1. The van der Waals surface area contributed by atoms with Crippen molar-refractivity contribution >= 4 is 21.9 Å². The van der Waals surface area contributed by atoms with Crippen molar-refractivity contribution in [2.75, 3.05) is 13.7 Å². The smallest absolute Gasteiger partial charge is 0.322 e. The van der Waals surface area contributed by atoms with E-state index in [0.717, 1.165) is 11.3 Å². The molecule has 0 aliphatic heterocycles. The van der Waals surface area contributed by atoms with Gasteiger partial charge in [0, 0.05) is 0 Å². The van der Waals surface area contributed by atoms with Crippen LogP contribution in [0.15, 0.2) is 24.3 Å². The van der Waals surface area contributed by atoms with Gasteiger partial charge in [-0.3, -0.25) is 4.79 Å². The van der Waals surface area contributed by atoms with Gasteiger partial charge in [-0.2, -0.15) is 0 Å². The van der Waals surface area contributed by atoms with Crippen molar-refractivity contribution in [2.24, 2.45) is 0 Å². The van der Waals surface area contributed by atoms with E-state index in [0.29, 0.717) is 0 Å². The van der Waals surface area contributed by atoms with Crippen LogP contribution in [0, 0.1) is 6.92 Å². The van der Waals surface area contributed by atoms with Crippen molar-refractivity contribution in [3.63, 3.8) is 0 Å². The lowest BCUT2D eigenvalue weighted by molar-refractivity contribution is -0.140. The molecule has 0 amide bonds. The minimum Gasteiger partial charge on any atom is -0.492 e. The monoisotopic (exact) mass is 272 g/mol. The van der Waals surface area contributed by atoms with Crippen molar-refractivity contribution in [1.82, 2.24) is 0 Å². The van der Waals surface area contributed by atoms with Crippen LogP contribution >= 0.6 is 15.9 Å². The van der Waals surface area contributed by atoms with Gasteiger partial charge in [-0.25, -0.2) is 0 Å². The summed E-state index contributed by atoms with van der Waals surface area (Å²) in [6.07, 6.45) is 0. The first-order chi connectivity index (χ1) is 7.13. The zero-order valence-electron chi connectivity index (χ0n) is 8.70. The maximum atomic E-state index is 11.1. The molecule has 1 rings (SSSR count). The second kappa shape index (κ2) is 5.75. The average Bonchev–Trinajstić information content (AvgIpc) is 2.25. The maximum absolute atomic E-state index is 11.1. The SMILES string of the molecule is COC(=O)C(Br)COc1cccc(C)c1. The second-order valence-electron chi connectivity index (χ2n) is 3.12. The Kier molecular flexibility index (Phi) is 4.62. The van der Waals surface area contributed by atoms with Gasteiger partial charge in [0.2, 0.25) is 0 Å². The van der Waals surface area contributed by atoms with Crippen LogP contribution in [0.2, 0.25) is 0 Å². The molecule has 1 atom stereocenters. The number of alkyl halides is 1. The molecule has 0 aliphatic rings. The van der Waals surface area contributed by atoms with E-state index in [2.05, 4.69) is 20.7 Å². The number of halogens is 1. The first kappa shape index (κ1) is 12.0. The molecule has 1 unspecified atom stereocenters. The zero-order valence-corrected chi connectivity index (χ0v) is 10.3. The third-order valence-electron chi connectivity index (χ3n) is 1.84. The molecule has 1 aromatic carbocycles. The Balaban J connectivity index is 2.47. The lowest BCUT2D eigenvalue weighted by Crippen LogP contribution is -2.22. The fourth-order valence-electron chi connectivity index (χ4n) is 1.07. The maximum Gasteiger partial charge on any atom is 0.322 e. The molecule has 0 heterocycles. The van der Waals surface area contributed by atoms with Crippen molar-refractivity contribution < 1.29 is 14.3 Å². The number of hydrogen-bond acceptors (Lipinski definition) is 3. The van der Waals surface area contributed by atoms with Gasteiger partial charge in [0.05, 0.1) is 7.11 Å². The number of ether oxygens (including phenoxy) is 2. The van der Waals surface area contributed by atoms with Gasteiger partial charge >= 0.3 is 5.97 Å². The molecular weight excluding hydrogens is 260 g/mol. The van der Waals surface area contributed by atoms with E-state index in [9.17, 15) is 4.79 Å². The third-order valence-corrected chi connectivity index (χ3v) is 2.48. The summed E-state index contributed by atoms with van der Waals surface area (Å²) in [5, 5.41) is 0. The van der Waals surface area contributed by atoms with Crippen molar-refractivity contribution in [1.29, 1.82) is 0 Å². The molecule has 0 saturated heterocycles. The molecule has 4 heteroatoms. The highest BCUT2D eigenvalue weighted by Gasteiger charge is 2.15. The minimum atomic E-state index is -0.428. The number of esters is 1. The minimum absolute atomic E-state index is 0.260. The zero-order chi connectivity index (χ0) is 11.3. The summed E-state index contributed by atoms with van der Waals surface area (Å²) in [5.41, 5.74) is 1.12.